The predicted octanol–water partition coefficient (Wildman–Crippen LogP) is 1.93. The summed E-state index contributed by atoms with van der Waals surface area (Å²) in [4.78, 5) is 2.36. The lowest BCUT2D eigenvalue weighted by atomic mass is 10.3. The second kappa shape index (κ2) is 11.1. The van der Waals surface area contributed by atoms with Gasteiger partial charge in [-0.2, -0.15) is 13.9 Å². The molecule has 2 heterocycles. The van der Waals surface area contributed by atoms with E-state index in [1.165, 1.54) is 6.20 Å². The maximum absolute atomic E-state index is 12.5. The molecule has 9 heteroatoms. The van der Waals surface area contributed by atoms with Gasteiger partial charge in [0.05, 0.1) is 18.9 Å². The standard InChI is InChI=1S/C12H20F2N4O.2ClH/c13-12(14)18-11(2-4-16-18)10-15-3-1-5-17-6-8-19-9-7-17;;/h2,4,12,15H,1,3,5-10H2;2*1H. The highest BCUT2D eigenvalue weighted by Gasteiger charge is 2.11. The van der Waals surface area contributed by atoms with Crippen molar-refractivity contribution in [1.82, 2.24) is 20.0 Å². The monoisotopic (exact) mass is 346 g/mol. The Morgan fingerprint density at radius 2 is 2.00 bits per heavy atom. The van der Waals surface area contributed by atoms with Crippen LogP contribution in [0.4, 0.5) is 8.78 Å². The summed E-state index contributed by atoms with van der Waals surface area (Å²) in [6.45, 7) is 3.27. The van der Waals surface area contributed by atoms with Crippen LogP contribution >= 0.6 is 24.8 Å². The average molecular weight is 347 g/mol. The van der Waals surface area contributed by atoms with Gasteiger partial charge >= 0.3 is 6.55 Å². The molecule has 0 aromatic carbocycles. The van der Waals surface area contributed by atoms with Gasteiger partial charge in [-0.15, -0.1) is 24.8 Å². The van der Waals surface area contributed by atoms with E-state index < -0.39 is 6.55 Å². The third-order valence-electron chi connectivity index (χ3n) is 3.17. The minimum absolute atomic E-state index is 0. The van der Waals surface area contributed by atoms with Gasteiger partial charge in [0.1, 0.15) is 0 Å². The molecule has 1 aliphatic heterocycles. The summed E-state index contributed by atoms with van der Waals surface area (Å²) in [6, 6.07) is 1.61. The van der Waals surface area contributed by atoms with E-state index in [-0.39, 0.29) is 24.8 Å². The Bertz CT molecular complexity index is 376. The molecule has 1 aromatic heterocycles. The second-order valence-corrected chi connectivity index (χ2v) is 4.53. The number of morpholine rings is 1. The number of rotatable bonds is 7. The van der Waals surface area contributed by atoms with Crippen molar-refractivity contribution in [1.29, 1.82) is 0 Å². The van der Waals surface area contributed by atoms with E-state index in [4.69, 9.17) is 4.74 Å². The number of aromatic nitrogens is 2. The first kappa shape index (κ1) is 20.5. The van der Waals surface area contributed by atoms with Crippen LogP contribution in [0.2, 0.25) is 0 Å². The average Bonchev–Trinajstić information content (AvgIpc) is 2.88. The number of halogens is 4. The van der Waals surface area contributed by atoms with Gasteiger partial charge in [-0.25, -0.2) is 4.68 Å². The van der Waals surface area contributed by atoms with E-state index >= 15 is 0 Å². The molecule has 0 spiro atoms. The third kappa shape index (κ3) is 6.88. The summed E-state index contributed by atoms with van der Waals surface area (Å²) in [7, 11) is 0. The molecule has 1 saturated heterocycles. The van der Waals surface area contributed by atoms with Crippen molar-refractivity contribution in [2.24, 2.45) is 0 Å². The lowest BCUT2D eigenvalue weighted by Crippen LogP contribution is -2.37. The van der Waals surface area contributed by atoms with Crippen molar-refractivity contribution in [3.8, 4) is 0 Å². The first-order valence-corrected chi connectivity index (χ1v) is 6.59. The molecule has 0 aliphatic carbocycles. The lowest BCUT2D eigenvalue weighted by Gasteiger charge is -2.26. The molecule has 1 fully saturated rings. The Kier molecular flexibility index (Phi) is 10.9. The number of nitrogens with zero attached hydrogens (tertiary/aromatic N) is 3. The van der Waals surface area contributed by atoms with Crippen LogP contribution in [0.1, 0.15) is 18.7 Å². The van der Waals surface area contributed by atoms with Crippen LogP contribution in [-0.2, 0) is 11.3 Å². The number of alkyl halides is 2. The first-order chi connectivity index (χ1) is 9.27. The van der Waals surface area contributed by atoms with Crippen molar-refractivity contribution in [3.63, 3.8) is 0 Å². The van der Waals surface area contributed by atoms with Gasteiger partial charge in [0.25, 0.3) is 0 Å². The highest BCUT2D eigenvalue weighted by Crippen LogP contribution is 2.11. The summed E-state index contributed by atoms with van der Waals surface area (Å²) < 4.78 is 31.1. The molecule has 0 amide bonds. The number of hydrogen-bond acceptors (Lipinski definition) is 4. The van der Waals surface area contributed by atoms with E-state index in [1.807, 2.05) is 0 Å². The molecular formula is C12H22Cl2F2N4O. The van der Waals surface area contributed by atoms with Crippen molar-refractivity contribution in [2.75, 3.05) is 39.4 Å². The molecule has 5 nitrogen and oxygen atoms in total. The third-order valence-corrected chi connectivity index (χ3v) is 3.17. The van der Waals surface area contributed by atoms with Crippen LogP contribution in [0, 0.1) is 0 Å². The molecule has 0 radical (unpaired) electrons. The van der Waals surface area contributed by atoms with Crippen LogP contribution < -0.4 is 5.32 Å². The van der Waals surface area contributed by atoms with Crippen LogP contribution in [0.25, 0.3) is 0 Å². The molecular weight excluding hydrogens is 325 g/mol. The predicted molar refractivity (Wildman–Crippen MR) is 81.6 cm³/mol. The molecule has 1 N–H and O–H groups in total. The smallest absolute Gasteiger partial charge is 0.333 e. The van der Waals surface area contributed by atoms with Gasteiger partial charge in [0.15, 0.2) is 0 Å². The largest absolute Gasteiger partial charge is 0.379 e. The van der Waals surface area contributed by atoms with Crippen LogP contribution in [0.15, 0.2) is 12.3 Å². The van der Waals surface area contributed by atoms with Gasteiger partial charge in [-0.1, -0.05) is 0 Å². The zero-order valence-electron chi connectivity index (χ0n) is 11.7. The summed E-state index contributed by atoms with van der Waals surface area (Å²) in [6.07, 6.45) is 2.40. The molecule has 0 unspecified atom stereocenters. The normalized spacial score (nSPS) is 15.6. The Morgan fingerprint density at radius 3 is 2.67 bits per heavy atom. The van der Waals surface area contributed by atoms with Crippen molar-refractivity contribution < 1.29 is 13.5 Å². The van der Waals surface area contributed by atoms with Gasteiger partial charge in [-0.3, -0.25) is 4.90 Å². The molecule has 0 atom stereocenters. The van der Waals surface area contributed by atoms with Crippen molar-refractivity contribution >= 4 is 24.8 Å². The van der Waals surface area contributed by atoms with E-state index in [0.29, 0.717) is 12.2 Å². The first-order valence-electron chi connectivity index (χ1n) is 6.59. The minimum Gasteiger partial charge on any atom is -0.379 e. The molecule has 1 aromatic rings. The van der Waals surface area contributed by atoms with Crippen molar-refractivity contribution in [3.05, 3.63) is 18.0 Å². The van der Waals surface area contributed by atoms with Crippen LogP contribution in [-0.4, -0.2) is 54.1 Å². The Morgan fingerprint density at radius 1 is 1.29 bits per heavy atom. The fourth-order valence-corrected chi connectivity index (χ4v) is 2.13. The molecule has 1 aliphatic rings. The quantitative estimate of drug-likeness (QED) is 0.766. The Balaban J connectivity index is 0.00000200. The number of hydrogen-bond donors (Lipinski definition) is 1. The molecule has 21 heavy (non-hydrogen) atoms. The van der Waals surface area contributed by atoms with Gasteiger partial charge in [-0.05, 0) is 25.6 Å². The summed E-state index contributed by atoms with van der Waals surface area (Å²) in [5.41, 5.74) is 0.515. The maximum Gasteiger partial charge on any atom is 0.333 e. The topological polar surface area (TPSA) is 42.3 Å². The highest BCUT2D eigenvalue weighted by atomic mass is 35.5. The fourth-order valence-electron chi connectivity index (χ4n) is 2.13. The second-order valence-electron chi connectivity index (χ2n) is 4.53. The Hall–Kier alpha value is -0.470. The van der Waals surface area contributed by atoms with E-state index in [9.17, 15) is 8.78 Å². The molecule has 2 rings (SSSR count). The SMILES string of the molecule is Cl.Cl.FC(F)n1nccc1CNCCCN1CCOCC1. The summed E-state index contributed by atoms with van der Waals surface area (Å²) >= 11 is 0. The zero-order chi connectivity index (χ0) is 13.5. The van der Waals surface area contributed by atoms with Gasteiger partial charge < -0.3 is 10.1 Å². The zero-order valence-corrected chi connectivity index (χ0v) is 13.3. The molecule has 124 valence electrons. The maximum atomic E-state index is 12.5. The van der Waals surface area contributed by atoms with E-state index in [1.54, 1.807) is 6.07 Å². The van der Waals surface area contributed by atoms with Gasteiger partial charge in [0.2, 0.25) is 0 Å². The lowest BCUT2D eigenvalue weighted by molar-refractivity contribution is 0.0374. The summed E-state index contributed by atoms with van der Waals surface area (Å²) in [5.74, 6) is 0. The van der Waals surface area contributed by atoms with Crippen LogP contribution in [0.5, 0.6) is 0 Å². The fraction of sp³-hybridized carbons (Fsp3) is 0.750. The minimum atomic E-state index is -2.57. The molecule has 0 saturated carbocycles. The highest BCUT2D eigenvalue weighted by molar-refractivity contribution is 5.85. The van der Waals surface area contributed by atoms with Gasteiger partial charge in [0, 0.05) is 25.8 Å². The van der Waals surface area contributed by atoms with E-state index in [2.05, 4.69) is 15.3 Å². The summed E-state index contributed by atoms with van der Waals surface area (Å²) in [5, 5.41) is 6.76. The number of ether oxygens (including phenoxy) is 1. The van der Waals surface area contributed by atoms with E-state index in [0.717, 1.165) is 50.5 Å². The Labute approximate surface area is 135 Å². The number of nitrogens with one attached hydrogen (secondary N) is 1. The van der Waals surface area contributed by atoms with Crippen LogP contribution in [0.3, 0.4) is 0 Å². The van der Waals surface area contributed by atoms with Crippen molar-refractivity contribution in [2.45, 2.75) is 19.5 Å². The molecule has 0 bridgehead atoms.